The van der Waals surface area contributed by atoms with E-state index in [1.54, 1.807) is 14.0 Å². The molecule has 3 rings (SSSR count). The zero-order chi connectivity index (χ0) is 17.8. The smallest absolute Gasteiger partial charge is 0.337 e. The molecule has 0 radical (unpaired) electrons. The maximum Gasteiger partial charge on any atom is 0.337 e. The molecule has 0 aromatic heterocycles. The standard InChI is InChI=1S/C18H23N3O4/c1-3-25-17(22)14-10-19-18(23)20-15(14)11-21-8-4-5-12-9-13(24-2)6-7-16(12)21/h6-7,9H,3-5,8,10-11H2,1-2H3,(H2,19,20,23). The molecule has 0 aliphatic carbocycles. The van der Waals surface area contributed by atoms with Crippen LogP contribution in [0.5, 0.6) is 5.75 Å². The minimum Gasteiger partial charge on any atom is -0.497 e. The topological polar surface area (TPSA) is 79.9 Å². The van der Waals surface area contributed by atoms with Crippen molar-refractivity contribution in [3.8, 4) is 5.75 Å². The number of urea groups is 1. The van der Waals surface area contributed by atoms with Crippen molar-refractivity contribution in [3.63, 3.8) is 0 Å². The van der Waals surface area contributed by atoms with Crippen LogP contribution >= 0.6 is 0 Å². The first-order valence-corrected chi connectivity index (χ1v) is 8.48. The molecule has 2 heterocycles. The summed E-state index contributed by atoms with van der Waals surface area (Å²) < 4.78 is 10.4. The SMILES string of the molecule is CCOC(=O)C1=C(CN2CCCc3cc(OC)ccc32)NC(=O)NC1. The fourth-order valence-corrected chi connectivity index (χ4v) is 3.21. The number of hydrogen-bond donors (Lipinski definition) is 2. The van der Waals surface area contributed by atoms with Crippen LogP contribution in [-0.2, 0) is 16.0 Å². The van der Waals surface area contributed by atoms with Crippen molar-refractivity contribution < 1.29 is 19.1 Å². The monoisotopic (exact) mass is 345 g/mol. The van der Waals surface area contributed by atoms with Crippen molar-refractivity contribution in [3.05, 3.63) is 35.0 Å². The number of carbonyl (C=O) groups is 2. The van der Waals surface area contributed by atoms with Gasteiger partial charge >= 0.3 is 12.0 Å². The number of methoxy groups -OCH3 is 1. The summed E-state index contributed by atoms with van der Waals surface area (Å²) >= 11 is 0. The Morgan fingerprint density at radius 1 is 1.36 bits per heavy atom. The maximum absolute atomic E-state index is 12.2. The van der Waals surface area contributed by atoms with Crippen molar-refractivity contribution in [2.75, 3.05) is 38.3 Å². The summed E-state index contributed by atoms with van der Waals surface area (Å²) in [4.78, 5) is 26.1. The van der Waals surface area contributed by atoms with Crippen LogP contribution in [0.15, 0.2) is 29.5 Å². The Balaban J connectivity index is 1.87. The number of carbonyl (C=O) groups excluding carboxylic acids is 2. The van der Waals surface area contributed by atoms with Gasteiger partial charge in [-0.15, -0.1) is 0 Å². The molecule has 0 bridgehead atoms. The Hall–Kier alpha value is -2.70. The van der Waals surface area contributed by atoms with E-state index in [0.717, 1.165) is 30.8 Å². The van der Waals surface area contributed by atoms with Crippen LogP contribution in [0.1, 0.15) is 18.9 Å². The third-order valence-electron chi connectivity index (χ3n) is 4.43. The van der Waals surface area contributed by atoms with Crippen molar-refractivity contribution in [1.82, 2.24) is 10.6 Å². The van der Waals surface area contributed by atoms with E-state index in [1.165, 1.54) is 5.56 Å². The molecule has 25 heavy (non-hydrogen) atoms. The number of fused-ring (bicyclic) bond motifs is 1. The molecular formula is C18H23N3O4. The zero-order valence-electron chi connectivity index (χ0n) is 14.6. The molecule has 7 nitrogen and oxygen atoms in total. The number of nitrogens with one attached hydrogen (secondary N) is 2. The highest BCUT2D eigenvalue weighted by Gasteiger charge is 2.26. The molecule has 7 heteroatoms. The van der Waals surface area contributed by atoms with Gasteiger partial charge in [-0.3, -0.25) is 0 Å². The molecule has 0 fully saturated rings. The molecule has 0 spiro atoms. The molecule has 134 valence electrons. The molecular weight excluding hydrogens is 322 g/mol. The second-order valence-electron chi connectivity index (χ2n) is 6.01. The molecule has 1 aromatic carbocycles. The maximum atomic E-state index is 12.2. The Kier molecular flexibility index (Phi) is 5.11. The quantitative estimate of drug-likeness (QED) is 0.792. The van der Waals surface area contributed by atoms with Gasteiger partial charge in [0.1, 0.15) is 5.75 Å². The van der Waals surface area contributed by atoms with Crippen LogP contribution in [-0.4, -0.2) is 45.4 Å². The van der Waals surface area contributed by atoms with E-state index in [9.17, 15) is 9.59 Å². The van der Waals surface area contributed by atoms with Gasteiger partial charge in [-0.05, 0) is 43.5 Å². The summed E-state index contributed by atoms with van der Waals surface area (Å²) in [5.41, 5.74) is 3.40. The average molecular weight is 345 g/mol. The summed E-state index contributed by atoms with van der Waals surface area (Å²) in [6, 6.07) is 5.71. The Bertz CT molecular complexity index is 714. The molecule has 2 N–H and O–H groups in total. The Labute approximate surface area is 147 Å². The molecule has 2 aliphatic rings. The minimum atomic E-state index is -0.392. The van der Waals surface area contributed by atoms with Gasteiger partial charge in [0.25, 0.3) is 0 Å². The van der Waals surface area contributed by atoms with E-state index in [4.69, 9.17) is 9.47 Å². The first kappa shape index (κ1) is 17.1. The third-order valence-corrected chi connectivity index (χ3v) is 4.43. The lowest BCUT2D eigenvalue weighted by atomic mass is 10.0. The number of amides is 2. The van der Waals surface area contributed by atoms with E-state index in [2.05, 4.69) is 15.5 Å². The first-order valence-electron chi connectivity index (χ1n) is 8.48. The molecule has 0 saturated heterocycles. The number of esters is 1. The summed E-state index contributed by atoms with van der Waals surface area (Å²) in [5, 5.41) is 5.40. The highest BCUT2D eigenvalue weighted by Crippen LogP contribution is 2.31. The lowest BCUT2D eigenvalue weighted by Gasteiger charge is -2.33. The van der Waals surface area contributed by atoms with E-state index in [0.29, 0.717) is 24.4 Å². The number of nitrogens with zero attached hydrogens (tertiary/aromatic N) is 1. The lowest BCUT2D eigenvalue weighted by molar-refractivity contribution is -0.138. The first-order chi connectivity index (χ1) is 12.1. The van der Waals surface area contributed by atoms with Crippen molar-refractivity contribution >= 4 is 17.7 Å². The van der Waals surface area contributed by atoms with Crippen LogP contribution in [0, 0.1) is 0 Å². The largest absolute Gasteiger partial charge is 0.497 e. The number of aryl methyl sites for hydroxylation is 1. The summed E-state index contributed by atoms with van der Waals surface area (Å²) in [5.74, 6) is 0.444. The predicted molar refractivity (Wildman–Crippen MR) is 93.7 cm³/mol. The van der Waals surface area contributed by atoms with Gasteiger partial charge in [0.05, 0.1) is 38.1 Å². The van der Waals surface area contributed by atoms with E-state index in [1.807, 2.05) is 18.2 Å². The molecule has 2 amide bonds. The zero-order valence-corrected chi connectivity index (χ0v) is 14.6. The van der Waals surface area contributed by atoms with Crippen molar-refractivity contribution in [2.24, 2.45) is 0 Å². The van der Waals surface area contributed by atoms with Gasteiger partial charge in [-0.1, -0.05) is 0 Å². The predicted octanol–water partition coefficient (Wildman–Crippen LogP) is 1.58. The van der Waals surface area contributed by atoms with Crippen molar-refractivity contribution in [1.29, 1.82) is 0 Å². The van der Waals surface area contributed by atoms with Gasteiger partial charge in [0.2, 0.25) is 0 Å². The van der Waals surface area contributed by atoms with Crippen molar-refractivity contribution in [2.45, 2.75) is 19.8 Å². The van der Waals surface area contributed by atoms with Gasteiger partial charge < -0.3 is 25.0 Å². The number of rotatable bonds is 5. The number of hydrogen-bond acceptors (Lipinski definition) is 5. The van der Waals surface area contributed by atoms with Crippen LogP contribution in [0.4, 0.5) is 10.5 Å². The number of ether oxygens (including phenoxy) is 2. The Morgan fingerprint density at radius 2 is 2.20 bits per heavy atom. The Morgan fingerprint density at radius 3 is 2.96 bits per heavy atom. The second kappa shape index (κ2) is 7.46. The number of benzene rings is 1. The summed E-state index contributed by atoms with van der Waals surface area (Å²) in [7, 11) is 1.66. The van der Waals surface area contributed by atoms with Gasteiger partial charge in [0.15, 0.2) is 0 Å². The fraction of sp³-hybridized carbons (Fsp3) is 0.444. The fourth-order valence-electron chi connectivity index (χ4n) is 3.21. The van der Waals surface area contributed by atoms with Gasteiger partial charge in [-0.2, -0.15) is 0 Å². The molecule has 1 aromatic rings. The van der Waals surface area contributed by atoms with E-state index >= 15 is 0 Å². The van der Waals surface area contributed by atoms with Crippen LogP contribution in [0.25, 0.3) is 0 Å². The summed E-state index contributed by atoms with van der Waals surface area (Å²) in [6.07, 6.45) is 2.00. The summed E-state index contributed by atoms with van der Waals surface area (Å²) in [6.45, 7) is 3.57. The lowest BCUT2D eigenvalue weighted by Crippen LogP contribution is -2.47. The van der Waals surface area contributed by atoms with Gasteiger partial charge in [0, 0.05) is 12.2 Å². The normalized spacial score (nSPS) is 16.7. The van der Waals surface area contributed by atoms with E-state index < -0.39 is 5.97 Å². The van der Waals surface area contributed by atoms with E-state index in [-0.39, 0.29) is 12.6 Å². The average Bonchev–Trinajstić information content (AvgIpc) is 2.61. The second-order valence-corrected chi connectivity index (χ2v) is 6.01. The van der Waals surface area contributed by atoms with Gasteiger partial charge in [-0.25, -0.2) is 9.59 Å². The molecule has 0 unspecified atom stereocenters. The third kappa shape index (κ3) is 3.70. The van der Waals surface area contributed by atoms with Crippen LogP contribution in [0.2, 0.25) is 0 Å². The minimum absolute atomic E-state index is 0.184. The highest BCUT2D eigenvalue weighted by atomic mass is 16.5. The number of anilines is 1. The highest BCUT2D eigenvalue weighted by molar-refractivity contribution is 5.93. The van der Waals surface area contributed by atoms with Crippen LogP contribution < -0.4 is 20.3 Å². The molecule has 0 atom stereocenters. The molecule has 2 aliphatic heterocycles. The van der Waals surface area contributed by atoms with Crippen LogP contribution in [0.3, 0.4) is 0 Å². The molecule has 0 saturated carbocycles.